The molecule has 2 aromatic carbocycles. The molecule has 0 aliphatic carbocycles. The summed E-state index contributed by atoms with van der Waals surface area (Å²) in [6.45, 7) is 0.472. The number of nitrogens with zero attached hydrogens (tertiary/aromatic N) is 2. The number of hydrogen-bond acceptors (Lipinski definition) is 6. The number of benzene rings is 2. The number of hydrogen-bond donors (Lipinski definition) is 0. The zero-order valence-electron chi connectivity index (χ0n) is 14.8. The van der Waals surface area contributed by atoms with Crippen LogP contribution in [0.25, 0.3) is 0 Å². The number of rotatable bonds is 4. The molecule has 0 bridgehead atoms. The molecule has 0 radical (unpaired) electrons. The third-order valence-electron chi connectivity index (χ3n) is 4.45. The molecule has 142 valence electrons. The van der Waals surface area contributed by atoms with E-state index in [0.717, 1.165) is 42.5 Å². The molecule has 2 aromatic rings. The molecule has 1 heterocycles. The molecule has 0 spiro atoms. The van der Waals surface area contributed by atoms with E-state index in [0.29, 0.717) is 12.3 Å². The summed E-state index contributed by atoms with van der Waals surface area (Å²) in [5.74, 6) is 0.278. The zero-order valence-corrected chi connectivity index (χ0v) is 15.7. The highest BCUT2D eigenvalue weighted by atomic mass is 32.2. The van der Waals surface area contributed by atoms with E-state index in [9.17, 15) is 23.3 Å². The van der Waals surface area contributed by atoms with Crippen molar-refractivity contribution in [3.63, 3.8) is 0 Å². The Hall–Kier alpha value is -2.94. The summed E-state index contributed by atoms with van der Waals surface area (Å²) in [6.07, 6.45) is 2.43. The lowest BCUT2D eigenvalue weighted by Gasteiger charge is -2.30. The molecule has 0 aromatic heterocycles. The second-order valence-corrected chi connectivity index (χ2v) is 8.25. The van der Waals surface area contributed by atoms with Crippen LogP contribution in [-0.2, 0) is 16.3 Å². The Balaban J connectivity index is 2.03. The van der Waals surface area contributed by atoms with Gasteiger partial charge in [0, 0.05) is 30.1 Å². The first-order valence-electron chi connectivity index (χ1n) is 8.19. The van der Waals surface area contributed by atoms with Crippen molar-refractivity contribution in [1.29, 1.82) is 0 Å². The largest absolute Gasteiger partial charge is 0.497 e. The van der Waals surface area contributed by atoms with Gasteiger partial charge in [-0.3, -0.25) is 14.9 Å². The minimum Gasteiger partial charge on any atom is -0.497 e. The van der Waals surface area contributed by atoms with E-state index in [1.54, 1.807) is 24.1 Å². The number of sulfone groups is 1. The monoisotopic (exact) mass is 390 g/mol. The number of aryl methyl sites for hydroxylation is 1. The minimum absolute atomic E-state index is 0.0674. The number of fused-ring (bicyclic) bond motifs is 1. The van der Waals surface area contributed by atoms with Crippen molar-refractivity contribution in [3.8, 4) is 5.75 Å². The van der Waals surface area contributed by atoms with Crippen molar-refractivity contribution in [2.24, 2.45) is 0 Å². The van der Waals surface area contributed by atoms with Crippen LogP contribution in [0.15, 0.2) is 41.3 Å². The Morgan fingerprint density at radius 2 is 1.96 bits per heavy atom. The van der Waals surface area contributed by atoms with Crippen LogP contribution >= 0.6 is 0 Å². The van der Waals surface area contributed by atoms with Gasteiger partial charge in [-0.05, 0) is 48.7 Å². The van der Waals surface area contributed by atoms with E-state index in [1.165, 1.54) is 6.07 Å². The standard InChI is InChI=1S/C18H18N2O6S/c1-26-14-6-7-15-12(10-14)4-3-9-19(15)18(21)13-5-8-17(27(2,24)25)16(11-13)20(22)23/h5-8,10-11H,3-4,9H2,1-2H3. The van der Waals surface area contributed by atoms with Crippen molar-refractivity contribution >= 4 is 27.1 Å². The molecule has 3 rings (SSSR count). The predicted octanol–water partition coefficient (Wildman–Crippen LogP) is 2.60. The van der Waals surface area contributed by atoms with Crippen LogP contribution in [0.2, 0.25) is 0 Å². The maximum Gasteiger partial charge on any atom is 0.288 e. The topological polar surface area (TPSA) is 107 Å². The summed E-state index contributed by atoms with van der Waals surface area (Å²) in [4.78, 5) is 24.6. The second-order valence-electron chi connectivity index (χ2n) is 6.27. The number of nitro benzene ring substituents is 1. The smallest absolute Gasteiger partial charge is 0.288 e. The number of ether oxygens (including phenoxy) is 1. The number of carbonyl (C=O) groups excluding carboxylic acids is 1. The van der Waals surface area contributed by atoms with Crippen LogP contribution in [-0.4, -0.2) is 39.2 Å². The molecule has 8 nitrogen and oxygen atoms in total. The highest BCUT2D eigenvalue weighted by molar-refractivity contribution is 7.90. The van der Waals surface area contributed by atoms with Crippen molar-refractivity contribution in [2.75, 3.05) is 24.8 Å². The van der Waals surface area contributed by atoms with E-state index < -0.39 is 31.3 Å². The number of methoxy groups -OCH3 is 1. The van der Waals surface area contributed by atoms with Crippen LogP contribution in [0.4, 0.5) is 11.4 Å². The van der Waals surface area contributed by atoms with Crippen LogP contribution in [0.1, 0.15) is 22.3 Å². The molecule has 1 aliphatic rings. The average molecular weight is 390 g/mol. The number of anilines is 1. The number of carbonyl (C=O) groups is 1. The van der Waals surface area contributed by atoms with Gasteiger partial charge in [-0.25, -0.2) is 8.42 Å². The Morgan fingerprint density at radius 3 is 2.59 bits per heavy atom. The molecule has 1 amide bonds. The molecule has 0 saturated heterocycles. The third-order valence-corrected chi connectivity index (χ3v) is 5.60. The first kappa shape index (κ1) is 18.8. The molecule has 0 N–H and O–H groups in total. The van der Waals surface area contributed by atoms with E-state index in [1.807, 2.05) is 6.07 Å². The van der Waals surface area contributed by atoms with E-state index in [2.05, 4.69) is 0 Å². The first-order valence-corrected chi connectivity index (χ1v) is 10.1. The fourth-order valence-electron chi connectivity index (χ4n) is 3.17. The zero-order chi connectivity index (χ0) is 19.8. The summed E-state index contributed by atoms with van der Waals surface area (Å²) in [7, 11) is -2.22. The average Bonchev–Trinajstić information content (AvgIpc) is 2.65. The summed E-state index contributed by atoms with van der Waals surface area (Å²) in [6, 6.07) is 8.84. The lowest BCUT2D eigenvalue weighted by Crippen LogP contribution is -2.35. The molecule has 9 heteroatoms. The lowest BCUT2D eigenvalue weighted by atomic mass is 10.00. The predicted molar refractivity (Wildman–Crippen MR) is 99.2 cm³/mol. The summed E-state index contributed by atoms with van der Waals surface area (Å²) in [5.41, 5.74) is 1.14. The maximum atomic E-state index is 13.0. The molecule has 0 fully saturated rings. The summed E-state index contributed by atoms with van der Waals surface area (Å²) < 4.78 is 28.7. The van der Waals surface area contributed by atoms with Gasteiger partial charge in [0.15, 0.2) is 9.84 Å². The van der Waals surface area contributed by atoms with Gasteiger partial charge in [0.1, 0.15) is 10.6 Å². The van der Waals surface area contributed by atoms with E-state index in [4.69, 9.17) is 4.74 Å². The fourth-order valence-corrected chi connectivity index (χ4v) is 4.00. The minimum atomic E-state index is -3.78. The Kier molecular flexibility index (Phi) is 4.88. The van der Waals surface area contributed by atoms with Gasteiger partial charge < -0.3 is 9.64 Å². The molecule has 0 saturated carbocycles. The molecule has 27 heavy (non-hydrogen) atoms. The quantitative estimate of drug-likeness (QED) is 0.587. The molecule has 1 aliphatic heterocycles. The van der Waals surface area contributed by atoms with Gasteiger partial charge in [-0.2, -0.15) is 0 Å². The lowest BCUT2D eigenvalue weighted by molar-refractivity contribution is -0.387. The van der Waals surface area contributed by atoms with Crippen LogP contribution in [0.5, 0.6) is 5.75 Å². The van der Waals surface area contributed by atoms with Crippen LogP contribution in [0, 0.1) is 10.1 Å². The highest BCUT2D eigenvalue weighted by Gasteiger charge is 2.28. The first-order chi connectivity index (χ1) is 12.7. The fraction of sp³-hybridized carbons (Fsp3) is 0.278. The highest BCUT2D eigenvalue weighted by Crippen LogP contribution is 2.32. The Morgan fingerprint density at radius 1 is 1.22 bits per heavy atom. The van der Waals surface area contributed by atoms with E-state index in [-0.39, 0.29) is 5.56 Å². The third kappa shape index (κ3) is 3.63. The van der Waals surface area contributed by atoms with Crippen LogP contribution in [0.3, 0.4) is 0 Å². The van der Waals surface area contributed by atoms with Gasteiger partial charge in [0.2, 0.25) is 0 Å². The van der Waals surface area contributed by atoms with Gasteiger partial charge >= 0.3 is 0 Å². The van der Waals surface area contributed by atoms with Crippen LogP contribution < -0.4 is 9.64 Å². The van der Waals surface area contributed by atoms with Gasteiger partial charge in [-0.15, -0.1) is 0 Å². The van der Waals surface area contributed by atoms with Crippen molar-refractivity contribution in [3.05, 3.63) is 57.6 Å². The number of nitro groups is 1. The van der Waals surface area contributed by atoms with Crippen molar-refractivity contribution < 1.29 is 22.9 Å². The van der Waals surface area contributed by atoms with Gasteiger partial charge in [0.05, 0.1) is 12.0 Å². The van der Waals surface area contributed by atoms with E-state index >= 15 is 0 Å². The summed E-state index contributed by atoms with van der Waals surface area (Å²) >= 11 is 0. The Bertz CT molecular complexity index is 1030. The van der Waals surface area contributed by atoms with Gasteiger partial charge in [0.25, 0.3) is 11.6 Å². The summed E-state index contributed by atoms with van der Waals surface area (Å²) in [5, 5.41) is 11.3. The van der Waals surface area contributed by atoms with Crippen molar-refractivity contribution in [2.45, 2.75) is 17.7 Å². The maximum absolute atomic E-state index is 13.0. The Labute approximate surface area is 156 Å². The SMILES string of the molecule is COc1ccc2c(c1)CCCN2C(=O)c1ccc(S(C)(=O)=O)c([N+](=O)[O-])c1. The molecule has 0 atom stereocenters. The molecular weight excluding hydrogens is 372 g/mol. The van der Waals surface area contributed by atoms with Crippen molar-refractivity contribution in [1.82, 2.24) is 0 Å². The molecular formula is C18H18N2O6S. The normalized spacial score (nSPS) is 13.8. The molecule has 0 unspecified atom stereocenters. The second kappa shape index (κ2) is 6.99. The van der Waals surface area contributed by atoms with Gasteiger partial charge in [-0.1, -0.05) is 0 Å². The number of amides is 1.